The lowest BCUT2D eigenvalue weighted by Crippen LogP contribution is -2.30. The molecule has 1 N–H and O–H groups in total. The molecule has 25 heavy (non-hydrogen) atoms. The molecule has 2 aromatic rings. The third-order valence-corrected chi connectivity index (χ3v) is 3.30. The number of nitrogens with zero attached hydrogens (tertiary/aromatic N) is 1. The third kappa shape index (κ3) is 3.70. The molecule has 0 saturated carbocycles. The van der Waals surface area contributed by atoms with Crippen LogP contribution in [0.5, 0.6) is 5.88 Å². The number of carbonyl (C=O) groups excluding carboxylic acids is 2. The van der Waals surface area contributed by atoms with Crippen molar-refractivity contribution >= 4 is 34.0 Å². The predicted molar refractivity (Wildman–Crippen MR) is 84.0 cm³/mol. The highest BCUT2D eigenvalue weighted by molar-refractivity contribution is 6.20. The number of hydrogen-bond donors (Lipinski definition) is 1. The normalized spacial score (nSPS) is 11.1. The number of nitrogens with one attached hydrogen (secondary N) is 1. The lowest BCUT2D eigenvalue weighted by atomic mass is 10.0. The Morgan fingerprint density at radius 1 is 1.16 bits per heavy atom. The minimum absolute atomic E-state index is 0.00633. The van der Waals surface area contributed by atoms with Gasteiger partial charge in [0.2, 0.25) is 5.88 Å². The van der Waals surface area contributed by atoms with Gasteiger partial charge in [-0.1, -0.05) is 12.6 Å². The molecule has 0 bridgehead atoms. The minimum atomic E-state index is -5.06. The molecule has 132 valence electrons. The minimum Gasteiger partial charge on any atom is -0.481 e. The van der Waals surface area contributed by atoms with Gasteiger partial charge in [-0.25, -0.2) is 9.78 Å². The Balaban J connectivity index is 2.63. The van der Waals surface area contributed by atoms with E-state index in [2.05, 4.69) is 16.3 Å². The second-order valence-electron chi connectivity index (χ2n) is 4.83. The number of hydrogen-bond acceptors (Lipinski definition) is 5. The van der Waals surface area contributed by atoms with Crippen LogP contribution in [0.4, 0.5) is 18.9 Å². The molecule has 0 unspecified atom stereocenters. The van der Waals surface area contributed by atoms with E-state index in [0.717, 1.165) is 0 Å². The van der Waals surface area contributed by atoms with Crippen molar-refractivity contribution in [3.63, 3.8) is 0 Å². The van der Waals surface area contributed by atoms with Crippen molar-refractivity contribution in [3.05, 3.63) is 36.4 Å². The van der Waals surface area contributed by atoms with Crippen molar-refractivity contribution in [2.24, 2.45) is 0 Å². The van der Waals surface area contributed by atoms with E-state index in [1.165, 1.54) is 38.5 Å². The highest BCUT2D eigenvalue weighted by atomic mass is 19.4. The molecule has 0 atom stereocenters. The zero-order chi connectivity index (χ0) is 18.8. The number of amides is 1. The van der Waals surface area contributed by atoms with Crippen LogP contribution < -0.4 is 10.1 Å². The van der Waals surface area contributed by atoms with Crippen LogP contribution in [-0.4, -0.2) is 37.3 Å². The molecule has 2 rings (SSSR count). The number of esters is 1. The first-order chi connectivity index (χ1) is 11.7. The smallest absolute Gasteiger partial charge is 0.471 e. The number of pyridine rings is 1. The molecular formula is C16H13F3N2O4. The Bertz CT molecular complexity index is 862. The van der Waals surface area contributed by atoms with Crippen molar-refractivity contribution in [1.82, 2.24) is 4.98 Å². The van der Waals surface area contributed by atoms with Crippen LogP contribution in [0.15, 0.2) is 30.8 Å². The fraction of sp³-hybridized carbons (Fsp3) is 0.188. The van der Waals surface area contributed by atoms with Gasteiger partial charge in [0.15, 0.2) is 0 Å². The van der Waals surface area contributed by atoms with Crippen molar-refractivity contribution in [2.45, 2.75) is 6.18 Å². The van der Waals surface area contributed by atoms with Crippen LogP contribution in [-0.2, 0) is 14.3 Å². The molecule has 0 fully saturated rings. The van der Waals surface area contributed by atoms with Crippen LogP contribution in [0, 0.1) is 0 Å². The van der Waals surface area contributed by atoms with E-state index in [1.54, 1.807) is 5.32 Å². The SMILES string of the molecule is C=C(C(=O)OC)c1ccc(NC(=O)C(F)(F)F)c2nc(OC)ccc12. The quantitative estimate of drug-likeness (QED) is 0.675. The standard InChI is InChI=1S/C16H13F3N2O4/c1-8(14(22)25-3)9-4-6-11(20-15(23)16(17,18)19)13-10(9)5-7-12(21-13)24-2/h4-7H,1H2,2-3H3,(H,20,23). The van der Waals surface area contributed by atoms with Gasteiger partial charge in [-0.3, -0.25) is 4.79 Å². The van der Waals surface area contributed by atoms with E-state index in [1.807, 2.05) is 0 Å². The number of anilines is 1. The molecule has 1 heterocycles. The molecule has 9 heteroatoms. The van der Waals surface area contributed by atoms with Crippen LogP contribution in [0.1, 0.15) is 5.56 Å². The fourth-order valence-electron chi connectivity index (χ4n) is 2.10. The molecule has 0 spiro atoms. The molecule has 6 nitrogen and oxygen atoms in total. The van der Waals surface area contributed by atoms with E-state index < -0.39 is 18.1 Å². The van der Waals surface area contributed by atoms with Gasteiger partial charge in [-0.2, -0.15) is 13.2 Å². The van der Waals surface area contributed by atoms with Gasteiger partial charge in [-0.15, -0.1) is 0 Å². The maximum atomic E-state index is 12.5. The molecule has 1 aromatic carbocycles. The summed E-state index contributed by atoms with van der Waals surface area (Å²) in [6, 6.07) is 5.50. The zero-order valence-corrected chi connectivity index (χ0v) is 13.2. The summed E-state index contributed by atoms with van der Waals surface area (Å²) in [6.45, 7) is 3.62. The number of alkyl halides is 3. The molecule has 1 aromatic heterocycles. The highest BCUT2D eigenvalue weighted by Gasteiger charge is 2.39. The van der Waals surface area contributed by atoms with Crippen LogP contribution in [0.3, 0.4) is 0 Å². The average molecular weight is 354 g/mol. The summed E-state index contributed by atoms with van der Waals surface area (Å²) in [5, 5.41) is 2.06. The summed E-state index contributed by atoms with van der Waals surface area (Å²) in [4.78, 5) is 27.0. The Morgan fingerprint density at radius 2 is 1.84 bits per heavy atom. The van der Waals surface area contributed by atoms with Gasteiger partial charge in [0.25, 0.3) is 0 Å². The maximum absolute atomic E-state index is 12.5. The molecule has 0 aliphatic rings. The Labute approximate surface area is 140 Å². The molecule has 1 amide bonds. The lowest BCUT2D eigenvalue weighted by molar-refractivity contribution is -0.167. The molecule has 0 aliphatic carbocycles. The van der Waals surface area contributed by atoms with Crippen LogP contribution in [0.2, 0.25) is 0 Å². The number of ether oxygens (including phenoxy) is 2. The maximum Gasteiger partial charge on any atom is 0.471 e. The van der Waals surface area contributed by atoms with Gasteiger partial charge in [-0.05, 0) is 17.7 Å². The molecule has 0 aliphatic heterocycles. The molecular weight excluding hydrogens is 341 g/mol. The summed E-state index contributed by atoms with van der Waals surface area (Å²) >= 11 is 0. The summed E-state index contributed by atoms with van der Waals surface area (Å²) in [6.07, 6.45) is -5.06. The van der Waals surface area contributed by atoms with Crippen LogP contribution >= 0.6 is 0 Å². The number of rotatable bonds is 4. The number of carbonyl (C=O) groups is 2. The Hall–Kier alpha value is -3.10. The van der Waals surface area contributed by atoms with Crippen molar-refractivity contribution in [1.29, 1.82) is 0 Å². The fourth-order valence-corrected chi connectivity index (χ4v) is 2.10. The first-order valence-corrected chi connectivity index (χ1v) is 6.82. The van der Waals surface area contributed by atoms with Crippen molar-refractivity contribution in [3.8, 4) is 5.88 Å². The van der Waals surface area contributed by atoms with E-state index >= 15 is 0 Å². The van der Waals surface area contributed by atoms with Gasteiger partial charge < -0.3 is 14.8 Å². The number of halogens is 3. The number of benzene rings is 1. The van der Waals surface area contributed by atoms with Crippen molar-refractivity contribution < 1.29 is 32.2 Å². The second-order valence-corrected chi connectivity index (χ2v) is 4.83. The summed E-state index contributed by atoms with van der Waals surface area (Å²) in [7, 11) is 2.51. The van der Waals surface area contributed by atoms with Gasteiger partial charge in [0, 0.05) is 11.5 Å². The monoisotopic (exact) mass is 354 g/mol. The molecule has 0 saturated heterocycles. The van der Waals surface area contributed by atoms with E-state index in [-0.39, 0.29) is 22.7 Å². The number of aromatic nitrogens is 1. The van der Waals surface area contributed by atoms with E-state index in [0.29, 0.717) is 10.9 Å². The zero-order valence-electron chi connectivity index (χ0n) is 13.2. The summed E-state index contributed by atoms with van der Waals surface area (Å²) in [5.74, 6) is -2.72. The highest BCUT2D eigenvalue weighted by Crippen LogP contribution is 2.32. The predicted octanol–water partition coefficient (Wildman–Crippen LogP) is 2.93. The topological polar surface area (TPSA) is 77.5 Å². The van der Waals surface area contributed by atoms with Crippen molar-refractivity contribution in [2.75, 3.05) is 19.5 Å². The Kier molecular flexibility index (Phi) is 4.96. The largest absolute Gasteiger partial charge is 0.481 e. The van der Waals surface area contributed by atoms with E-state index in [9.17, 15) is 22.8 Å². The average Bonchev–Trinajstić information content (AvgIpc) is 2.59. The summed E-state index contributed by atoms with van der Waals surface area (Å²) in [5.41, 5.74) is 0.132. The van der Waals surface area contributed by atoms with E-state index in [4.69, 9.17) is 4.74 Å². The van der Waals surface area contributed by atoms with Gasteiger partial charge in [0.05, 0.1) is 31.0 Å². The Morgan fingerprint density at radius 3 is 2.40 bits per heavy atom. The number of methoxy groups -OCH3 is 2. The second kappa shape index (κ2) is 6.80. The first kappa shape index (κ1) is 18.2. The lowest BCUT2D eigenvalue weighted by Gasteiger charge is -2.14. The van der Waals surface area contributed by atoms with Crippen LogP contribution in [0.25, 0.3) is 16.5 Å². The third-order valence-electron chi connectivity index (χ3n) is 3.30. The van der Waals surface area contributed by atoms with Gasteiger partial charge in [0.1, 0.15) is 0 Å². The molecule has 0 radical (unpaired) electrons. The summed E-state index contributed by atoms with van der Waals surface area (Å²) < 4.78 is 47.1. The first-order valence-electron chi connectivity index (χ1n) is 6.82. The van der Waals surface area contributed by atoms with Gasteiger partial charge >= 0.3 is 18.1 Å². The number of fused-ring (bicyclic) bond motifs is 1.